The Morgan fingerprint density at radius 2 is 2.00 bits per heavy atom. The molecule has 0 saturated heterocycles. The van der Waals surface area contributed by atoms with E-state index in [1.54, 1.807) is 24.4 Å². The van der Waals surface area contributed by atoms with Gasteiger partial charge in [0.25, 0.3) is 5.91 Å². The number of aryl methyl sites for hydroxylation is 2. The lowest BCUT2D eigenvalue weighted by Crippen LogP contribution is -2.29. The van der Waals surface area contributed by atoms with Crippen molar-refractivity contribution in [2.75, 3.05) is 6.54 Å². The topological polar surface area (TPSA) is 79.3 Å². The first-order valence-electron chi connectivity index (χ1n) is 9.05. The number of ketones is 1. The maximum Gasteiger partial charge on any atom is 0.269 e. The molecule has 3 rings (SSSR count). The summed E-state index contributed by atoms with van der Waals surface area (Å²) in [5.41, 5.74) is 3.06. The van der Waals surface area contributed by atoms with Crippen molar-refractivity contribution in [3.05, 3.63) is 63.9 Å². The lowest BCUT2D eigenvalue weighted by atomic mass is 9.86. The predicted octanol–water partition coefficient (Wildman–Crippen LogP) is 3.21. The molecule has 3 unspecified atom stereocenters. The van der Waals surface area contributed by atoms with E-state index in [-0.39, 0.29) is 17.6 Å². The van der Waals surface area contributed by atoms with Crippen LogP contribution in [0.3, 0.4) is 0 Å². The second-order valence-corrected chi connectivity index (χ2v) is 7.55. The number of aromatic nitrogens is 1. The number of Topliss-reactive ketones (excluding diaryl/α,β-unsaturated/α-hetero) is 1. The molecule has 0 spiro atoms. The highest BCUT2D eigenvalue weighted by molar-refractivity contribution is 6.30. The van der Waals surface area contributed by atoms with Crippen LogP contribution in [0.25, 0.3) is 0 Å². The lowest BCUT2D eigenvalue weighted by molar-refractivity contribution is -0.119. The number of nitrogens with zero attached hydrogens (tertiary/aromatic N) is 1. The minimum atomic E-state index is -0.761. The van der Waals surface area contributed by atoms with Crippen molar-refractivity contribution in [2.24, 2.45) is 5.92 Å². The number of nitrogens with one attached hydrogen (secondary N) is 1. The summed E-state index contributed by atoms with van der Waals surface area (Å²) >= 11 is 6.09. The maximum atomic E-state index is 12.6. The van der Waals surface area contributed by atoms with Crippen molar-refractivity contribution in [1.82, 2.24) is 10.3 Å². The van der Waals surface area contributed by atoms with E-state index in [2.05, 4.69) is 10.3 Å². The van der Waals surface area contributed by atoms with Gasteiger partial charge in [0.05, 0.1) is 12.0 Å². The monoisotopic (exact) mass is 386 g/mol. The van der Waals surface area contributed by atoms with Gasteiger partial charge in [-0.05, 0) is 67.1 Å². The first-order chi connectivity index (χ1) is 12.9. The number of carbonyl (C=O) groups excluding carboxylic acids is 2. The van der Waals surface area contributed by atoms with E-state index in [1.807, 2.05) is 26.0 Å². The Labute approximate surface area is 163 Å². The van der Waals surface area contributed by atoms with Crippen molar-refractivity contribution < 1.29 is 14.7 Å². The minimum absolute atomic E-state index is 0.0390. The second-order valence-electron chi connectivity index (χ2n) is 7.11. The van der Waals surface area contributed by atoms with Crippen LogP contribution in [-0.4, -0.2) is 34.4 Å². The van der Waals surface area contributed by atoms with E-state index in [1.165, 1.54) is 0 Å². The molecule has 1 fully saturated rings. The summed E-state index contributed by atoms with van der Waals surface area (Å²) in [6.45, 7) is 4.21. The second kappa shape index (κ2) is 8.19. The molecule has 1 saturated carbocycles. The Hall–Kier alpha value is -2.24. The number of halogens is 1. The first kappa shape index (κ1) is 19.5. The van der Waals surface area contributed by atoms with Gasteiger partial charge in [-0.25, -0.2) is 0 Å². The maximum absolute atomic E-state index is 12.6. The number of rotatable bonds is 5. The van der Waals surface area contributed by atoms with E-state index >= 15 is 0 Å². The number of amides is 1. The lowest BCUT2D eigenvalue weighted by Gasteiger charge is -2.22. The summed E-state index contributed by atoms with van der Waals surface area (Å²) in [4.78, 5) is 28.7. The zero-order chi connectivity index (χ0) is 19.6. The van der Waals surface area contributed by atoms with Crippen molar-refractivity contribution in [1.29, 1.82) is 0 Å². The molecular formula is C21H23ClN2O3. The summed E-state index contributed by atoms with van der Waals surface area (Å²) in [5.74, 6) is -0.924. The normalized spacial score (nSPS) is 22.1. The highest BCUT2D eigenvalue weighted by Gasteiger charge is 2.43. The molecule has 5 nitrogen and oxygen atoms in total. The molecule has 0 bridgehead atoms. The van der Waals surface area contributed by atoms with E-state index in [0.717, 1.165) is 16.7 Å². The predicted molar refractivity (Wildman–Crippen MR) is 104 cm³/mol. The summed E-state index contributed by atoms with van der Waals surface area (Å²) in [6.07, 6.45) is 1.65. The van der Waals surface area contributed by atoms with Crippen LogP contribution in [-0.2, 0) is 4.79 Å². The van der Waals surface area contributed by atoms with Gasteiger partial charge in [0.1, 0.15) is 11.5 Å². The average molecular weight is 387 g/mol. The van der Waals surface area contributed by atoms with Crippen molar-refractivity contribution in [3.8, 4) is 0 Å². The number of hydrogen-bond donors (Lipinski definition) is 2. The zero-order valence-electron chi connectivity index (χ0n) is 15.4. The molecule has 1 aromatic heterocycles. The molecule has 6 heteroatoms. The van der Waals surface area contributed by atoms with Gasteiger partial charge >= 0.3 is 0 Å². The molecule has 1 aromatic carbocycles. The highest BCUT2D eigenvalue weighted by atomic mass is 35.5. The van der Waals surface area contributed by atoms with Crippen molar-refractivity contribution >= 4 is 23.3 Å². The number of carbonyl (C=O) groups is 2. The van der Waals surface area contributed by atoms with E-state index < -0.39 is 12.0 Å². The minimum Gasteiger partial charge on any atom is -0.392 e. The molecule has 1 aliphatic rings. The fourth-order valence-corrected chi connectivity index (χ4v) is 4.27. The van der Waals surface area contributed by atoms with E-state index in [0.29, 0.717) is 30.1 Å². The fraction of sp³-hybridized carbons (Fsp3) is 0.381. The molecule has 142 valence electrons. The van der Waals surface area contributed by atoms with Gasteiger partial charge in [-0.1, -0.05) is 17.7 Å². The van der Waals surface area contributed by atoms with E-state index in [4.69, 9.17) is 11.6 Å². The van der Waals surface area contributed by atoms with Gasteiger partial charge in [0.15, 0.2) is 0 Å². The van der Waals surface area contributed by atoms with E-state index in [9.17, 15) is 14.7 Å². The SMILES string of the molecule is Cc1cc(Cl)cc(C)c1C1C(=O)CC(CCNC(=O)c2ccccn2)C1O. The number of aliphatic hydroxyl groups is 1. The molecule has 0 radical (unpaired) electrons. The zero-order valence-corrected chi connectivity index (χ0v) is 16.2. The van der Waals surface area contributed by atoms with Crippen LogP contribution in [0, 0.1) is 19.8 Å². The van der Waals surface area contributed by atoms with Crippen LogP contribution in [0.1, 0.15) is 45.9 Å². The molecular weight excluding hydrogens is 364 g/mol. The van der Waals surface area contributed by atoms with Crippen molar-refractivity contribution in [2.45, 2.75) is 38.7 Å². The smallest absolute Gasteiger partial charge is 0.269 e. The Kier molecular flexibility index (Phi) is 5.92. The van der Waals surface area contributed by atoms with Gasteiger partial charge in [0, 0.05) is 24.2 Å². The Bertz CT molecular complexity index is 831. The highest BCUT2D eigenvalue weighted by Crippen LogP contribution is 2.40. The Morgan fingerprint density at radius 1 is 1.30 bits per heavy atom. The summed E-state index contributed by atoms with van der Waals surface area (Å²) in [5, 5.41) is 14.2. The Morgan fingerprint density at radius 3 is 2.63 bits per heavy atom. The van der Waals surface area contributed by atoms with Crippen LogP contribution < -0.4 is 5.32 Å². The summed E-state index contributed by atoms with van der Waals surface area (Å²) < 4.78 is 0. The third-order valence-electron chi connectivity index (χ3n) is 5.20. The van der Waals surface area contributed by atoms with Gasteiger partial charge in [-0.2, -0.15) is 0 Å². The van der Waals surface area contributed by atoms with Gasteiger partial charge in [-0.15, -0.1) is 0 Å². The molecule has 1 amide bonds. The largest absolute Gasteiger partial charge is 0.392 e. The number of benzene rings is 1. The third-order valence-corrected chi connectivity index (χ3v) is 5.42. The molecule has 1 heterocycles. The number of hydrogen-bond acceptors (Lipinski definition) is 4. The molecule has 3 atom stereocenters. The number of pyridine rings is 1. The van der Waals surface area contributed by atoms with Gasteiger partial charge in [-0.3, -0.25) is 14.6 Å². The average Bonchev–Trinajstić information content (AvgIpc) is 2.89. The van der Waals surface area contributed by atoms with Crippen molar-refractivity contribution in [3.63, 3.8) is 0 Å². The standard InChI is InChI=1S/C21H23ClN2O3/c1-12-9-15(22)10-13(2)18(12)19-17(25)11-14(20(19)26)6-8-24-21(27)16-5-3-4-7-23-16/h3-5,7,9-10,14,19-20,26H,6,8,11H2,1-2H3,(H,24,27). The van der Waals surface area contributed by atoms with Gasteiger partial charge < -0.3 is 10.4 Å². The quantitative estimate of drug-likeness (QED) is 0.827. The summed E-state index contributed by atoms with van der Waals surface area (Å²) in [7, 11) is 0. The molecule has 1 aliphatic carbocycles. The summed E-state index contributed by atoms with van der Waals surface area (Å²) in [6, 6.07) is 8.79. The van der Waals surface area contributed by atoms with Crippen LogP contribution >= 0.6 is 11.6 Å². The first-order valence-corrected chi connectivity index (χ1v) is 9.43. The molecule has 2 N–H and O–H groups in total. The van der Waals surface area contributed by atoms with Gasteiger partial charge in [0.2, 0.25) is 0 Å². The molecule has 0 aliphatic heterocycles. The van der Waals surface area contributed by atoms with Crippen LogP contribution in [0.2, 0.25) is 5.02 Å². The molecule has 2 aromatic rings. The third kappa shape index (κ3) is 4.20. The van der Waals surface area contributed by atoms with Crippen LogP contribution in [0.5, 0.6) is 0 Å². The fourth-order valence-electron chi connectivity index (χ4n) is 3.94. The Balaban J connectivity index is 1.65. The van der Waals surface area contributed by atoms with Crippen LogP contribution in [0.4, 0.5) is 0 Å². The van der Waals surface area contributed by atoms with Crippen LogP contribution in [0.15, 0.2) is 36.5 Å². The molecule has 27 heavy (non-hydrogen) atoms. The number of aliphatic hydroxyl groups excluding tert-OH is 1.